The molecule has 1 N–H and O–H groups in total. The molecule has 2 aromatic carbocycles. The summed E-state index contributed by atoms with van der Waals surface area (Å²) in [5.74, 6) is -0.265. The van der Waals surface area contributed by atoms with Gasteiger partial charge in [0.2, 0.25) is 5.91 Å². The number of carbonyl (C=O) groups is 2. The fraction of sp³-hybridized carbons (Fsp3) is 0.440. The molecule has 5 nitrogen and oxygen atoms in total. The van der Waals surface area contributed by atoms with Crippen molar-refractivity contribution in [3.63, 3.8) is 0 Å². The van der Waals surface area contributed by atoms with E-state index in [1.165, 1.54) is 17.0 Å². The summed E-state index contributed by atoms with van der Waals surface area (Å²) in [6, 6.07) is 11.2. The molecule has 0 aromatic heterocycles. The Morgan fingerprint density at radius 3 is 2.44 bits per heavy atom. The van der Waals surface area contributed by atoms with Crippen LogP contribution in [0, 0.1) is 5.82 Å². The number of hydrogen-bond acceptors (Lipinski definition) is 3. The number of aryl methyl sites for hydroxylation is 1. The Hall–Kier alpha value is -2.41. The van der Waals surface area contributed by atoms with Crippen LogP contribution in [0.25, 0.3) is 0 Å². The second-order valence-corrected chi connectivity index (χ2v) is 9.08. The van der Waals surface area contributed by atoms with Crippen LogP contribution in [-0.2, 0) is 22.6 Å². The average Bonchev–Trinajstić information content (AvgIpc) is 3.30. The number of ether oxygens (including phenoxy) is 1. The first-order valence-corrected chi connectivity index (χ1v) is 11.9. The summed E-state index contributed by atoms with van der Waals surface area (Å²) in [5, 5.41) is 3.06. The number of rotatable bonds is 9. The van der Waals surface area contributed by atoms with E-state index in [4.69, 9.17) is 4.74 Å². The van der Waals surface area contributed by atoms with Gasteiger partial charge in [0.1, 0.15) is 17.6 Å². The third-order valence-electron chi connectivity index (χ3n) is 5.89. The van der Waals surface area contributed by atoms with Crippen LogP contribution in [0.2, 0.25) is 0 Å². The van der Waals surface area contributed by atoms with Gasteiger partial charge in [0, 0.05) is 12.6 Å². The maximum atomic E-state index is 13.3. The lowest BCUT2D eigenvalue weighted by molar-refractivity contribution is -0.142. The van der Waals surface area contributed by atoms with Crippen LogP contribution in [0.15, 0.2) is 46.9 Å². The highest BCUT2D eigenvalue weighted by atomic mass is 79.9. The van der Waals surface area contributed by atoms with Crippen LogP contribution in [-0.4, -0.2) is 35.4 Å². The van der Waals surface area contributed by atoms with Gasteiger partial charge in [-0.25, -0.2) is 4.39 Å². The van der Waals surface area contributed by atoms with E-state index in [9.17, 15) is 14.0 Å². The summed E-state index contributed by atoms with van der Waals surface area (Å²) in [7, 11) is 0. The van der Waals surface area contributed by atoms with Gasteiger partial charge in [-0.2, -0.15) is 0 Å². The molecule has 0 saturated heterocycles. The van der Waals surface area contributed by atoms with Gasteiger partial charge < -0.3 is 15.0 Å². The highest BCUT2D eigenvalue weighted by Crippen LogP contribution is 2.26. The molecule has 0 radical (unpaired) electrons. The predicted octanol–water partition coefficient (Wildman–Crippen LogP) is 5.01. The van der Waals surface area contributed by atoms with Gasteiger partial charge in [0.15, 0.2) is 6.61 Å². The first-order chi connectivity index (χ1) is 15.4. The van der Waals surface area contributed by atoms with Gasteiger partial charge in [-0.05, 0) is 77.5 Å². The zero-order chi connectivity index (χ0) is 23.1. The Labute approximate surface area is 197 Å². The number of benzene rings is 2. The van der Waals surface area contributed by atoms with E-state index < -0.39 is 6.04 Å². The molecule has 7 heteroatoms. The Morgan fingerprint density at radius 1 is 1.16 bits per heavy atom. The molecule has 2 aromatic rings. The van der Waals surface area contributed by atoms with E-state index in [0.29, 0.717) is 5.75 Å². The molecular weight excluding hydrogens is 475 g/mol. The van der Waals surface area contributed by atoms with Crippen molar-refractivity contribution in [1.82, 2.24) is 10.2 Å². The standard InChI is InChI=1S/C25H30BrFN2O3/c1-3-18-10-13-23(22(26)14-18)32-16-24(30)29(15-19-8-11-20(27)12-9-19)17(2)25(31)28-21-6-4-5-7-21/h8-14,17,21H,3-7,15-16H2,1-2H3,(H,28,31)/t17-/m0/s1. The third-order valence-corrected chi connectivity index (χ3v) is 6.51. The topological polar surface area (TPSA) is 58.6 Å². The van der Waals surface area contributed by atoms with Crippen molar-refractivity contribution in [2.24, 2.45) is 0 Å². The number of nitrogens with one attached hydrogen (secondary N) is 1. The summed E-state index contributed by atoms with van der Waals surface area (Å²) in [4.78, 5) is 27.5. The zero-order valence-electron chi connectivity index (χ0n) is 18.6. The molecule has 2 amide bonds. The Kier molecular flexibility index (Phi) is 8.67. The maximum Gasteiger partial charge on any atom is 0.261 e. The summed E-state index contributed by atoms with van der Waals surface area (Å²) < 4.78 is 19.9. The average molecular weight is 505 g/mol. The van der Waals surface area contributed by atoms with Crippen LogP contribution in [0.5, 0.6) is 5.75 Å². The molecule has 0 bridgehead atoms. The molecule has 1 saturated carbocycles. The Morgan fingerprint density at radius 2 is 1.81 bits per heavy atom. The molecule has 0 heterocycles. The maximum absolute atomic E-state index is 13.3. The van der Waals surface area contributed by atoms with Crippen LogP contribution < -0.4 is 10.1 Å². The molecule has 32 heavy (non-hydrogen) atoms. The largest absolute Gasteiger partial charge is 0.483 e. The monoisotopic (exact) mass is 504 g/mol. The smallest absolute Gasteiger partial charge is 0.261 e. The van der Waals surface area contributed by atoms with Gasteiger partial charge in [0.25, 0.3) is 5.91 Å². The molecule has 1 fully saturated rings. The van der Waals surface area contributed by atoms with E-state index in [1.54, 1.807) is 19.1 Å². The van der Waals surface area contributed by atoms with Crippen LogP contribution in [0.4, 0.5) is 4.39 Å². The Balaban J connectivity index is 1.71. The van der Waals surface area contributed by atoms with E-state index in [2.05, 4.69) is 28.2 Å². The van der Waals surface area contributed by atoms with E-state index in [-0.39, 0.29) is 36.8 Å². The molecule has 1 aliphatic rings. The fourth-order valence-electron chi connectivity index (χ4n) is 3.86. The van der Waals surface area contributed by atoms with Gasteiger partial charge in [-0.1, -0.05) is 38.0 Å². The van der Waals surface area contributed by atoms with Gasteiger partial charge >= 0.3 is 0 Å². The molecule has 3 rings (SSSR count). The summed E-state index contributed by atoms with van der Waals surface area (Å²) in [5.41, 5.74) is 1.90. The zero-order valence-corrected chi connectivity index (χ0v) is 20.2. The number of nitrogens with zero attached hydrogens (tertiary/aromatic N) is 1. The normalized spacial score (nSPS) is 14.8. The summed E-state index contributed by atoms with van der Waals surface area (Å²) in [6.07, 6.45) is 5.05. The molecule has 0 spiro atoms. The van der Waals surface area contributed by atoms with Crippen LogP contribution in [0.1, 0.15) is 50.7 Å². The minimum absolute atomic E-state index is 0.164. The lowest BCUT2D eigenvalue weighted by atomic mass is 10.1. The van der Waals surface area contributed by atoms with Crippen molar-refractivity contribution in [2.75, 3.05) is 6.61 Å². The van der Waals surface area contributed by atoms with E-state index in [1.807, 2.05) is 18.2 Å². The minimum atomic E-state index is -0.678. The number of carbonyl (C=O) groups excluding carboxylic acids is 2. The highest BCUT2D eigenvalue weighted by Gasteiger charge is 2.28. The van der Waals surface area contributed by atoms with Crippen molar-refractivity contribution in [3.8, 4) is 5.75 Å². The minimum Gasteiger partial charge on any atom is -0.483 e. The van der Waals surface area contributed by atoms with Crippen molar-refractivity contribution in [1.29, 1.82) is 0 Å². The summed E-state index contributed by atoms with van der Waals surface area (Å²) >= 11 is 3.49. The van der Waals surface area contributed by atoms with Crippen molar-refractivity contribution < 1.29 is 18.7 Å². The van der Waals surface area contributed by atoms with E-state index >= 15 is 0 Å². The number of amides is 2. The van der Waals surface area contributed by atoms with Crippen molar-refractivity contribution in [2.45, 2.75) is 64.6 Å². The first kappa shape index (κ1) is 24.2. The van der Waals surface area contributed by atoms with Crippen molar-refractivity contribution >= 4 is 27.7 Å². The Bertz CT molecular complexity index is 929. The SMILES string of the molecule is CCc1ccc(OCC(=O)N(Cc2ccc(F)cc2)[C@@H](C)C(=O)NC2CCCC2)c(Br)c1. The molecule has 1 atom stereocenters. The third kappa shape index (κ3) is 6.55. The second-order valence-electron chi connectivity index (χ2n) is 8.22. The number of hydrogen-bond donors (Lipinski definition) is 1. The van der Waals surface area contributed by atoms with Gasteiger partial charge in [-0.3, -0.25) is 9.59 Å². The molecule has 1 aliphatic carbocycles. The van der Waals surface area contributed by atoms with Crippen molar-refractivity contribution in [3.05, 3.63) is 63.9 Å². The van der Waals surface area contributed by atoms with Crippen LogP contribution in [0.3, 0.4) is 0 Å². The number of halogens is 2. The molecular formula is C25H30BrFN2O3. The molecule has 172 valence electrons. The lowest BCUT2D eigenvalue weighted by Gasteiger charge is -2.29. The van der Waals surface area contributed by atoms with Gasteiger partial charge in [-0.15, -0.1) is 0 Å². The van der Waals surface area contributed by atoms with Gasteiger partial charge in [0.05, 0.1) is 4.47 Å². The van der Waals surface area contributed by atoms with Crippen LogP contribution >= 0.6 is 15.9 Å². The molecule has 0 unspecified atom stereocenters. The predicted molar refractivity (Wildman–Crippen MR) is 126 cm³/mol. The quantitative estimate of drug-likeness (QED) is 0.522. The summed E-state index contributed by atoms with van der Waals surface area (Å²) in [6.45, 7) is 3.78. The second kappa shape index (κ2) is 11.5. The highest BCUT2D eigenvalue weighted by molar-refractivity contribution is 9.10. The molecule has 0 aliphatic heterocycles. The first-order valence-electron chi connectivity index (χ1n) is 11.1. The lowest BCUT2D eigenvalue weighted by Crippen LogP contribution is -2.50. The van der Waals surface area contributed by atoms with E-state index in [0.717, 1.165) is 47.7 Å². The fourth-order valence-corrected chi connectivity index (χ4v) is 4.41.